The van der Waals surface area contributed by atoms with E-state index in [1.807, 2.05) is 19.9 Å². The lowest BCUT2D eigenvalue weighted by Gasteiger charge is -2.32. The van der Waals surface area contributed by atoms with E-state index in [0.29, 0.717) is 12.4 Å². The van der Waals surface area contributed by atoms with Crippen LogP contribution < -0.4 is 9.47 Å². The Balaban J connectivity index is 1.64. The summed E-state index contributed by atoms with van der Waals surface area (Å²) in [7, 11) is 0. The van der Waals surface area contributed by atoms with Crippen LogP contribution in [0.2, 0.25) is 0 Å². The maximum atomic E-state index is 14.1. The minimum atomic E-state index is -0.395. The van der Waals surface area contributed by atoms with Gasteiger partial charge in [0.2, 0.25) is 0 Å². The third-order valence-electron chi connectivity index (χ3n) is 4.16. The highest BCUT2D eigenvalue weighted by Crippen LogP contribution is 2.38. The summed E-state index contributed by atoms with van der Waals surface area (Å²) in [5.41, 5.74) is 0.597. The summed E-state index contributed by atoms with van der Waals surface area (Å²) >= 11 is 0. The van der Waals surface area contributed by atoms with Crippen molar-refractivity contribution in [1.82, 2.24) is 4.90 Å². The summed E-state index contributed by atoms with van der Waals surface area (Å²) < 4.78 is 25.4. The average molecular weight is 293 g/mol. The topological polar surface area (TPSA) is 21.7 Å². The molecule has 4 heteroatoms. The lowest BCUT2D eigenvalue weighted by molar-refractivity contribution is 0.0183. The molecule has 0 unspecified atom stereocenters. The zero-order valence-electron chi connectivity index (χ0n) is 13.0. The number of ether oxygens (including phenoxy) is 2. The summed E-state index contributed by atoms with van der Waals surface area (Å²) in [5.74, 6) is 0.499. The molecule has 1 aromatic rings. The van der Waals surface area contributed by atoms with Gasteiger partial charge >= 0.3 is 0 Å². The van der Waals surface area contributed by atoms with Gasteiger partial charge in [0.25, 0.3) is 0 Å². The van der Waals surface area contributed by atoms with Gasteiger partial charge in [-0.3, -0.25) is 0 Å². The van der Waals surface area contributed by atoms with Crippen molar-refractivity contribution in [2.45, 2.75) is 45.1 Å². The Hall–Kier alpha value is -1.29. The van der Waals surface area contributed by atoms with Crippen molar-refractivity contribution in [3.8, 4) is 11.5 Å². The standard InChI is InChI=1S/C17H24FNO2/c1-17(2)12-20-16-14(18)10-13(11-15(16)21-17)6-5-9-19-7-3-4-8-19/h10-11H,3-9,12H2,1-2H3. The van der Waals surface area contributed by atoms with Crippen LogP contribution in [0, 0.1) is 5.82 Å². The molecule has 0 N–H and O–H groups in total. The number of halogens is 1. The minimum Gasteiger partial charge on any atom is -0.483 e. The number of aryl methyl sites for hydroxylation is 1. The zero-order chi connectivity index (χ0) is 14.9. The number of hydrogen-bond acceptors (Lipinski definition) is 3. The molecule has 0 spiro atoms. The van der Waals surface area contributed by atoms with Crippen molar-refractivity contribution in [3.63, 3.8) is 0 Å². The van der Waals surface area contributed by atoms with Gasteiger partial charge in [0.05, 0.1) is 0 Å². The Morgan fingerprint density at radius 2 is 2.00 bits per heavy atom. The van der Waals surface area contributed by atoms with E-state index in [-0.39, 0.29) is 11.6 Å². The highest BCUT2D eigenvalue weighted by atomic mass is 19.1. The second-order valence-electron chi connectivity index (χ2n) is 6.71. The number of nitrogens with zero attached hydrogens (tertiary/aromatic N) is 1. The Morgan fingerprint density at radius 3 is 2.76 bits per heavy atom. The van der Waals surface area contributed by atoms with Gasteiger partial charge in [0, 0.05) is 0 Å². The summed E-state index contributed by atoms with van der Waals surface area (Å²) in [6, 6.07) is 3.52. The first-order valence-corrected chi connectivity index (χ1v) is 7.90. The molecule has 116 valence electrons. The predicted octanol–water partition coefficient (Wildman–Crippen LogP) is 3.40. The second kappa shape index (κ2) is 5.84. The fourth-order valence-corrected chi connectivity index (χ4v) is 3.07. The van der Waals surface area contributed by atoms with Crippen molar-refractivity contribution in [2.24, 2.45) is 0 Å². The van der Waals surface area contributed by atoms with Crippen LogP contribution in [-0.4, -0.2) is 36.7 Å². The normalized spacial score (nSPS) is 20.7. The van der Waals surface area contributed by atoms with Gasteiger partial charge in [0.1, 0.15) is 12.2 Å². The largest absolute Gasteiger partial charge is 0.483 e. The highest BCUT2D eigenvalue weighted by Gasteiger charge is 2.30. The summed E-state index contributed by atoms with van der Waals surface area (Å²) in [5, 5.41) is 0. The SMILES string of the molecule is CC1(C)COc2c(F)cc(CCCN3CCCC3)cc2O1. The Bertz CT molecular complexity index is 510. The number of benzene rings is 1. The van der Waals surface area contributed by atoms with Crippen molar-refractivity contribution < 1.29 is 13.9 Å². The van der Waals surface area contributed by atoms with Crippen molar-refractivity contribution in [1.29, 1.82) is 0 Å². The minimum absolute atomic E-state index is 0.262. The molecule has 0 aromatic heterocycles. The zero-order valence-corrected chi connectivity index (χ0v) is 13.0. The van der Waals surface area contributed by atoms with Gasteiger partial charge in [-0.05, 0) is 76.9 Å². The van der Waals surface area contributed by atoms with Crippen LogP contribution >= 0.6 is 0 Å². The molecule has 2 aliphatic rings. The molecule has 0 bridgehead atoms. The molecule has 3 rings (SSSR count). The van der Waals surface area contributed by atoms with Gasteiger partial charge < -0.3 is 14.4 Å². The van der Waals surface area contributed by atoms with Crippen LogP contribution in [0.25, 0.3) is 0 Å². The molecule has 3 nitrogen and oxygen atoms in total. The van der Waals surface area contributed by atoms with E-state index in [2.05, 4.69) is 4.90 Å². The van der Waals surface area contributed by atoms with E-state index >= 15 is 0 Å². The molecule has 0 aliphatic carbocycles. The molecular formula is C17H24FNO2. The van der Waals surface area contributed by atoms with Crippen molar-refractivity contribution in [3.05, 3.63) is 23.5 Å². The van der Waals surface area contributed by atoms with E-state index < -0.39 is 5.60 Å². The number of hydrogen-bond donors (Lipinski definition) is 0. The fraction of sp³-hybridized carbons (Fsp3) is 0.647. The van der Waals surface area contributed by atoms with E-state index in [1.165, 1.54) is 25.9 Å². The van der Waals surface area contributed by atoms with E-state index in [9.17, 15) is 4.39 Å². The van der Waals surface area contributed by atoms with Crippen LogP contribution in [0.5, 0.6) is 11.5 Å². The maximum absolute atomic E-state index is 14.1. The monoisotopic (exact) mass is 293 g/mol. The second-order valence-corrected chi connectivity index (χ2v) is 6.71. The number of fused-ring (bicyclic) bond motifs is 1. The molecule has 0 saturated carbocycles. The van der Waals surface area contributed by atoms with Crippen LogP contribution in [0.4, 0.5) is 4.39 Å². The third-order valence-corrected chi connectivity index (χ3v) is 4.16. The average Bonchev–Trinajstić information content (AvgIpc) is 2.90. The number of rotatable bonds is 4. The molecule has 2 heterocycles. The molecule has 1 saturated heterocycles. The van der Waals surface area contributed by atoms with E-state index in [1.54, 1.807) is 6.07 Å². The molecule has 21 heavy (non-hydrogen) atoms. The quantitative estimate of drug-likeness (QED) is 0.849. The van der Waals surface area contributed by atoms with Gasteiger partial charge in [-0.15, -0.1) is 0 Å². The Kier molecular flexibility index (Phi) is 4.07. The summed E-state index contributed by atoms with van der Waals surface area (Å²) in [4.78, 5) is 2.48. The Morgan fingerprint density at radius 1 is 1.24 bits per heavy atom. The lowest BCUT2D eigenvalue weighted by atomic mass is 10.1. The van der Waals surface area contributed by atoms with Gasteiger partial charge in [-0.2, -0.15) is 0 Å². The van der Waals surface area contributed by atoms with Crippen LogP contribution in [0.1, 0.15) is 38.7 Å². The molecule has 0 atom stereocenters. The predicted molar refractivity (Wildman–Crippen MR) is 80.6 cm³/mol. The highest BCUT2D eigenvalue weighted by molar-refractivity contribution is 5.45. The van der Waals surface area contributed by atoms with E-state index in [4.69, 9.17) is 9.47 Å². The summed E-state index contributed by atoms with van der Waals surface area (Å²) in [6.45, 7) is 7.81. The Labute approximate surface area is 126 Å². The smallest absolute Gasteiger partial charge is 0.197 e. The molecular weight excluding hydrogens is 269 g/mol. The maximum Gasteiger partial charge on any atom is 0.197 e. The van der Waals surface area contributed by atoms with Crippen molar-refractivity contribution >= 4 is 0 Å². The molecule has 1 fully saturated rings. The summed E-state index contributed by atoms with van der Waals surface area (Å²) in [6.07, 6.45) is 4.56. The van der Waals surface area contributed by atoms with Gasteiger partial charge in [-0.1, -0.05) is 0 Å². The van der Waals surface area contributed by atoms with Crippen LogP contribution in [0.15, 0.2) is 12.1 Å². The van der Waals surface area contributed by atoms with E-state index in [0.717, 1.165) is 24.9 Å². The van der Waals surface area contributed by atoms with Crippen LogP contribution in [0.3, 0.4) is 0 Å². The molecule has 2 aliphatic heterocycles. The first-order valence-electron chi connectivity index (χ1n) is 7.90. The number of likely N-dealkylation sites (tertiary alicyclic amines) is 1. The fourth-order valence-electron chi connectivity index (χ4n) is 3.07. The van der Waals surface area contributed by atoms with Crippen LogP contribution in [-0.2, 0) is 6.42 Å². The van der Waals surface area contributed by atoms with Crippen molar-refractivity contribution in [2.75, 3.05) is 26.2 Å². The van der Waals surface area contributed by atoms with Gasteiger partial charge in [-0.25, -0.2) is 4.39 Å². The first-order chi connectivity index (χ1) is 10.0. The lowest BCUT2D eigenvalue weighted by Crippen LogP contribution is -2.39. The molecule has 1 aromatic carbocycles. The third kappa shape index (κ3) is 3.49. The molecule has 0 amide bonds. The molecule has 0 radical (unpaired) electrons. The van der Waals surface area contributed by atoms with Gasteiger partial charge in [0.15, 0.2) is 17.3 Å². The first kappa shape index (κ1) is 14.6.